The van der Waals surface area contributed by atoms with E-state index in [1.165, 1.54) is 30.5 Å². The average Bonchev–Trinajstić information content (AvgIpc) is 2.64. The zero-order valence-corrected chi connectivity index (χ0v) is 9.01. The summed E-state index contributed by atoms with van der Waals surface area (Å²) in [6.07, 6.45) is 6.69. The van der Waals surface area contributed by atoms with E-state index in [1.807, 2.05) is 6.20 Å². The van der Waals surface area contributed by atoms with E-state index in [0.29, 0.717) is 12.1 Å². The Morgan fingerprint density at radius 2 is 2.57 bits per heavy atom. The lowest BCUT2D eigenvalue weighted by atomic mass is 9.93. The van der Waals surface area contributed by atoms with Crippen molar-refractivity contribution < 1.29 is 0 Å². The Morgan fingerprint density at radius 1 is 1.71 bits per heavy atom. The number of fused-ring (bicyclic) bond motifs is 1. The second kappa shape index (κ2) is 4.13. The highest BCUT2D eigenvalue weighted by molar-refractivity contribution is 5.20. The third-order valence-corrected chi connectivity index (χ3v) is 3.15. The smallest absolute Gasteiger partial charge is 0.0522 e. The standard InChI is InChI=1S/C11H19N3/c1-3-8(2)13-10-5-4-9-7-12-14-11(9)6-10/h7-8,10,13H,3-6H2,1-2H3,(H,12,14). The fourth-order valence-electron chi connectivity index (χ4n) is 2.07. The van der Waals surface area contributed by atoms with Gasteiger partial charge < -0.3 is 5.32 Å². The van der Waals surface area contributed by atoms with Gasteiger partial charge in [0.25, 0.3) is 0 Å². The molecule has 0 radical (unpaired) electrons. The molecule has 0 amide bonds. The van der Waals surface area contributed by atoms with Crippen LogP contribution >= 0.6 is 0 Å². The average molecular weight is 193 g/mol. The van der Waals surface area contributed by atoms with Crippen LogP contribution in [0, 0.1) is 0 Å². The SMILES string of the molecule is CCC(C)NC1CCc2cn[nH]c2C1. The number of hydrogen-bond acceptors (Lipinski definition) is 2. The fourth-order valence-corrected chi connectivity index (χ4v) is 2.07. The molecule has 3 heteroatoms. The summed E-state index contributed by atoms with van der Waals surface area (Å²) in [4.78, 5) is 0. The van der Waals surface area contributed by atoms with Gasteiger partial charge in [0.05, 0.1) is 6.20 Å². The lowest BCUT2D eigenvalue weighted by Gasteiger charge is -2.25. The summed E-state index contributed by atoms with van der Waals surface area (Å²) in [7, 11) is 0. The lowest BCUT2D eigenvalue weighted by molar-refractivity contribution is 0.398. The van der Waals surface area contributed by atoms with Gasteiger partial charge in [0, 0.05) is 24.2 Å². The molecule has 2 N–H and O–H groups in total. The summed E-state index contributed by atoms with van der Waals surface area (Å²) in [5.74, 6) is 0. The van der Waals surface area contributed by atoms with Crippen molar-refractivity contribution in [1.29, 1.82) is 0 Å². The van der Waals surface area contributed by atoms with Crippen LogP contribution in [0.25, 0.3) is 0 Å². The molecular weight excluding hydrogens is 174 g/mol. The monoisotopic (exact) mass is 193 g/mol. The summed E-state index contributed by atoms with van der Waals surface area (Å²) in [6.45, 7) is 4.48. The van der Waals surface area contributed by atoms with Gasteiger partial charge in [0.15, 0.2) is 0 Å². The molecule has 1 heterocycles. The van der Waals surface area contributed by atoms with Crippen molar-refractivity contribution in [3.63, 3.8) is 0 Å². The molecular formula is C11H19N3. The van der Waals surface area contributed by atoms with E-state index >= 15 is 0 Å². The molecule has 1 aromatic heterocycles. The minimum absolute atomic E-state index is 0.629. The van der Waals surface area contributed by atoms with Gasteiger partial charge >= 0.3 is 0 Å². The lowest BCUT2D eigenvalue weighted by Crippen LogP contribution is -2.39. The number of nitrogens with one attached hydrogen (secondary N) is 2. The van der Waals surface area contributed by atoms with Crippen LogP contribution in [0.1, 0.15) is 37.9 Å². The van der Waals surface area contributed by atoms with Crippen molar-refractivity contribution in [2.24, 2.45) is 0 Å². The molecule has 0 aromatic carbocycles. The first-order chi connectivity index (χ1) is 6.79. The van der Waals surface area contributed by atoms with E-state index in [1.54, 1.807) is 0 Å². The van der Waals surface area contributed by atoms with Gasteiger partial charge in [0.1, 0.15) is 0 Å². The molecule has 2 rings (SSSR count). The number of hydrogen-bond donors (Lipinski definition) is 2. The van der Waals surface area contributed by atoms with Gasteiger partial charge in [-0.1, -0.05) is 6.92 Å². The molecule has 78 valence electrons. The van der Waals surface area contributed by atoms with E-state index in [9.17, 15) is 0 Å². The van der Waals surface area contributed by atoms with Gasteiger partial charge in [-0.05, 0) is 31.7 Å². The molecule has 0 bridgehead atoms. The number of aromatic amines is 1. The van der Waals surface area contributed by atoms with Crippen LogP contribution in [-0.2, 0) is 12.8 Å². The van der Waals surface area contributed by atoms with E-state index in [2.05, 4.69) is 29.4 Å². The van der Waals surface area contributed by atoms with Crippen molar-refractivity contribution in [2.75, 3.05) is 0 Å². The molecule has 1 aliphatic carbocycles. The largest absolute Gasteiger partial charge is 0.311 e. The maximum Gasteiger partial charge on any atom is 0.0522 e. The Balaban J connectivity index is 1.94. The summed E-state index contributed by atoms with van der Waals surface area (Å²) in [5.41, 5.74) is 2.74. The Kier molecular flexibility index (Phi) is 2.87. The number of aromatic nitrogens is 2. The van der Waals surface area contributed by atoms with Crippen molar-refractivity contribution in [2.45, 2.75) is 51.6 Å². The first kappa shape index (κ1) is 9.71. The Bertz CT molecular complexity index is 292. The summed E-state index contributed by atoms with van der Waals surface area (Å²) >= 11 is 0. The topological polar surface area (TPSA) is 40.7 Å². The summed E-state index contributed by atoms with van der Waals surface area (Å²) < 4.78 is 0. The third-order valence-electron chi connectivity index (χ3n) is 3.15. The van der Waals surface area contributed by atoms with Gasteiger partial charge in [-0.2, -0.15) is 5.10 Å². The number of aryl methyl sites for hydroxylation is 1. The van der Waals surface area contributed by atoms with Crippen LogP contribution < -0.4 is 5.32 Å². The highest BCUT2D eigenvalue weighted by Gasteiger charge is 2.20. The second-order valence-corrected chi connectivity index (χ2v) is 4.29. The van der Waals surface area contributed by atoms with Crippen LogP contribution in [-0.4, -0.2) is 22.3 Å². The van der Waals surface area contributed by atoms with Crippen molar-refractivity contribution in [3.8, 4) is 0 Å². The quantitative estimate of drug-likeness (QED) is 0.766. The summed E-state index contributed by atoms with van der Waals surface area (Å²) in [5, 5.41) is 10.8. The molecule has 3 nitrogen and oxygen atoms in total. The van der Waals surface area contributed by atoms with Crippen LogP contribution in [0.4, 0.5) is 0 Å². The molecule has 2 atom stereocenters. The normalized spacial score (nSPS) is 23.1. The minimum atomic E-state index is 0.629. The maximum absolute atomic E-state index is 4.08. The van der Waals surface area contributed by atoms with Crippen LogP contribution in [0.5, 0.6) is 0 Å². The second-order valence-electron chi connectivity index (χ2n) is 4.29. The summed E-state index contributed by atoms with van der Waals surface area (Å²) in [6, 6.07) is 1.27. The molecule has 2 unspecified atom stereocenters. The number of rotatable bonds is 3. The van der Waals surface area contributed by atoms with Gasteiger partial charge in [0.2, 0.25) is 0 Å². The van der Waals surface area contributed by atoms with Gasteiger partial charge in [-0.3, -0.25) is 5.10 Å². The molecule has 1 aromatic rings. The minimum Gasteiger partial charge on any atom is -0.311 e. The van der Waals surface area contributed by atoms with E-state index in [0.717, 1.165) is 6.42 Å². The molecule has 0 fully saturated rings. The van der Waals surface area contributed by atoms with Crippen LogP contribution in [0.2, 0.25) is 0 Å². The first-order valence-corrected chi connectivity index (χ1v) is 5.56. The van der Waals surface area contributed by atoms with E-state index < -0.39 is 0 Å². The van der Waals surface area contributed by atoms with Crippen LogP contribution in [0.3, 0.4) is 0 Å². The molecule has 0 saturated carbocycles. The van der Waals surface area contributed by atoms with Crippen molar-refractivity contribution in [1.82, 2.24) is 15.5 Å². The molecule has 0 spiro atoms. The predicted octanol–water partition coefficient (Wildman–Crippen LogP) is 1.66. The molecule has 0 saturated heterocycles. The Hall–Kier alpha value is -0.830. The maximum atomic E-state index is 4.08. The Morgan fingerprint density at radius 3 is 3.36 bits per heavy atom. The molecule has 0 aliphatic heterocycles. The van der Waals surface area contributed by atoms with Crippen molar-refractivity contribution >= 4 is 0 Å². The highest BCUT2D eigenvalue weighted by Crippen LogP contribution is 2.19. The molecule has 14 heavy (non-hydrogen) atoms. The van der Waals surface area contributed by atoms with E-state index in [4.69, 9.17) is 0 Å². The van der Waals surface area contributed by atoms with Crippen molar-refractivity contribution in [3.05, 3.63) is 17.5 Å². The zero-order chi connectivity index (χ0) is 9.97. The number of H-pyrrole nitrogens is 1. The van der Waals surface area contributed by atoms with E-state index in [-0.39, 0.29) is 0 Å². The van der Waals surface area contributed by atoms with Gasteiger partial charge in [-0.25, -0.2) is 0 Å². The first-order valence-electron chi connectivity index (χ1n) is 5.56. The van der Waals surface area contributed by atoms with Gasteiger partial charge in [-0.15, -0.1) is 0 Å². The third kappa shape index (κ3) is 1.98. The Labute approximate surface area is 85.3 Å². The predicted molar refractivity (Wildman–Crippen MR) is 57.3 cm³/mol. The molecule has 1 aliphatic rings. The number of nitrogens with zero attached hydrogens (tertiary/aromatic N) is 1. The zero-order valence-electron chi connectivity index (χ0n) is 9.01. The highest BCUT2D eigenvalue weighted by atomic mass is 15.1. The fraction of sp³-hybridized carbons (Fsp3) is 0.727. The van der Waals surface area contributed by atoms with Crippen LogP contribution in [0.15, 0.2) is 6.20 Å².